The van der Waals surface area contributed by atoms with E-state index < -0.39 is 0 Å². The molecule has 23 heavy (non-hydrogen) atoms. The monoisotopic (exact) mass is 328 g/mol. The van der Waals surface area contributed by atoms with E-state index in [1.54, 1.807) is 0 Å². The number of hydrogen-bond donors (Lipinski definition) is 1. The molecule has 2 aromatic rings. The van der Waals surface area contributed by atoms with Crippen molar-refractivity contribution >= 4 is 22.5 Å². The number of hydrogen-bond acceptors (Lipinski definition) is 2. The summed E-state index contributed by atoms with van der Waals surface area (Å²) in [4.78, 5) is 0. The Balaban J connectivity index is 2.76. The van der Waals surface area contributed by atoms with E-state index in [0.717, 1.165) is 10.9 Å². The summed E-state index contributed by atoms with van der Waals surface area (Å²) in [7, 11) is 0. The summed E-state index contributed by atoms with van der Waals surface area (Å²) in [6.07, 6.45) is 0. The zero-order valence-electron chi connectivity index (χ0n) is 15.9. The highest BCUT2D eigenvalue weighted by atomic mass is 32.2. The van der Waals surface area contributed by atoms with Gasteiger partial charge in [0.1, 0.15) is 5.75 Å². The summed E-state index contributed by atoms with van der Waals surface area (Å²) < 4.78 is 0.0663. The number of aromatic hydroxyl groups is 1. The van der Waals surface area contributed by atoms with Crippen LogP contribution in [0.5, 0.6) is 5.75 Å². The van der Waals surface area contributed by atoms with Crippen molar-refractivity contribution in [1.82, 2.24) is 0 Å². The van der Waals surface area contributed by atoms with Crippen molar-refractivity contribution in [3.63, 3.8) is 0 Å². The molecule has 3 rings (SSSR count). The fraction of sp³-hybridized carbons (Fsp3) is 0.524. The Kier molecular flexibility index (Phi) is 3.41. The summed E-state index contributed by atoms with van der Waals surface area (Å²) in [5.41, 5.74) is 9.01. The van der Waals surface area contributed by atoms with E-state index in [1.807, 2.05) is 11.8 Å². The Morgan fingerprint density at radius 3 is 1.52 bits per heavy atom. The van der Waals surface area contributed by atoms with Crippen LogP contribution in [0.3, 0.4) is 0 Å². The second-order valence-electron chi connectivity index (χ2n) is 8.10. The maximum absolute atomic E-state index is 10.9. The Morgan fingerprint density at radius 1 is 0.609 bits per heavy atom. The van der Waals surface area contributed by atoms with E-state index in [2.05, 4.69) is 62.3 Å². The number of aryl methyl sites for hydroxylation is 1. The number of thioether (sulfide) groups is 1. The highest BCUT2D eigenvalue weighted by Crippen LogP contribution is 2.60. The summed E-state index contributed by atoms with van der Waals surface area (Å²) in [5, 5.41) is 13.3. The summed E-state index contributed by atoms with van der Waals surface area (Å²) in [5.74, 6) is 0.474. The maximum Gasteiger partial charge on any atom is 0.126 e. The average molecular weight is 329 g/mol. The molecule has 1 N–H and O–H groups in total. The minimum atomic E-state index is 0.0332. The van der Waals surface area contributed by atoms with Gasteiger partial charge in [0.25, 0.3) is 0 Å². The second kappa shape index (κ2) is 4.69. The zero-order chi connectivity index (χ0) is 17.5. The molecule has 2 heteroatoms. The van der Waals surface area contributed by atoms with Crippen molar-refractivity contribution in [3.8, 4) is 5.75 Å². The Bertz CT molecular complexity index is 790. The number of phenols is 1. The van der Waals surface area contributed by atoms with Crippen LogP contribution in [0.25, 0.3) is 10.8 Å². The van der Waals surface area contributed by atoms with Gasteiger partial charge in [-0.25, -0.2) is 0 Å². The molecule has 0 aromatic heterocycles. The van der Waals surface area contributed by atoms with E-state index in [1.165, 1.54) is 38.8 Å². The van der Waals surface area contributed by atoms with E-state index in [-0.39, 0.29) is 9.49 Å². The topological polar surface area (TPSA) is 20.2 Å². The van der Waals surface area contributed by atoms with E-state index in [0.29, 0.717) is 5.75 Å². The van der Waals surface area contributed by atoms with Crippen LogP contribution < -0.4 is 0 Å². The normalized spacial score (nSPS) is 18.5. The van der Waals surface area contributed by atoms with Gasteiger partial charge in [-0.05, 0) is 107 Å². The van der Waals surface area contributed by atoms with Crippen LogP contribution in [0, 0.1) is 34.6 Å². The van der Waals surface area contributed by atoms with Crippen molar-refractivity contribution in [2.75, 3.05) is 0 Å². The van der Waals surface area contributed by atoms with Gasteiger partial charge < -0.3 is 5.11 Å². The molecule has 0 aliphatic carbocycles. The summed E-state index contributed by atoms with van der Waals surface area (Å²) in [6.45, 7) is 20.1. The summed E-state index contributed by atoms with van der Waals surface area (Å²) in [6, 6.07) is 0. The van der Waals surface area contributed by atoms with Gasteiger partial charge in [0, 0.05) is 14.9 Å². The number of phenolic OH excluding ortho intramolecular Hbond substituents is 1. The maximum atomic E-state index is 10.9. The third-order valence-corrected chi connectivity index (χ3v) is 7.30. The van der Waals surface area contributed by atoms with Crippen molar-refractivity contribution in [2.45, 2.75) is 71.8 Å². The van der Waals surface area contributed by atoms with Gasteiger partial charge in [0.2, 0.25) is 0 Å². The van der Waals surface area contributed by atoms with Gasteiger partial charge in [0.05, 0.1) is 0 Å². The first-order valence-corrected chi connectivity index (χ1v) is 9.20. The first-order chi connectivity index (χ1) is 10.4. The van der Waals surface area contributed by atoms with Gasteiger partial charge in [-0.15, -0.1) is 11.8 Å². The molecule has 1 heterocycles. The lowest BCUT2D eigenvalue weighted by atomic mass is 9.77. The lowest BCUT2D eigenvalue weighted by Crippen LogP contribution is -2.31. The van der Waals surface area contributed by atoms with Crippen molar-refractivity contribution in [1.29, 1.82) is 0 Å². The quantitative estimate of drug-likeness (QED) is 0.612. The van der Waals surface area contributed by atoms with Gasteiger partial charge in [0.15, 0.2) is 0 Å². The molecule has 1 aliphatic rings. The molecule has 124 valence electrons. The van der Waals surface area contributed by atoms with Crippen LogP contribution in [0.2, 0.25) is 0 Å². The highest BCUT2D eigenvalue weighted by Gasteiger charge is 2.43. The number of rotatable bonds is 0. The molecule has 1 aliphatic heterocycles. The first kappa shape index (κ1) is 16.7. The van der Waals surface area contributed by atoms with E-state index >= 15 is 0 Å². The fourth-order valence-corrected chi connectivity index (χ4v) is 6.68. The predicted octanol–water partition coefficient (Wildman–Crippen LogP) is 6.30. The van der Waals surface area contributed by atoms with Crippen molar-refractivity contribution < 1.29 is 5.11 Å². The second-order valence-corrected chi connectivity index (χ2v) is 10.3. The minimum absolute atomic E-state index is 0.0332. The Hall–Kier alpha value is -1.15. The predicted molar refractivity (Wildman–Crippen MR) is 103 cm³/mol. The van der Waals surface area contributed by atoms with Crippen LogP contribution in [0.15, 0.2) is 0 Å². The molecule has 1 nitrogen and oxygen atoms in total. The van der Waals surface area contributed by atoms with Crippen LogP contribution in [-0.4, -0.2) is 5.11 Å². The molecule has 0 radical (unpaired) electrons. The van der Waals surface area contributed by atoms with Crippen molar-refractivity contribution in [2.24, 2.45) is 0 Å². The minimum Gasteiger partial charge on any atom is -0.507 e. The Labute approximate surface area is 144 Å². The molecule has 0 spiro atoms. The largest absolute Gasteiger partial charge is 0.507 e. The highest BCUT2D eigenvalue weighted by molar-refractivity contribution is 8.01. The van der Waals surface area contributed by atoms with Gasteiger partial charge in [-0.2, -0.15) is 0 Å². The standard InChI is InChI=1S/C21H28OS/c1-10-11(2)15-16-17(12(10)3)20(6,7)23-21(8,9)18(16)13(4)14(5)19(15)22/h22H,1-9H3. The molecule has 0 saturated heterocycles. The van der Waals surface area contributed by atoms with Gasteiger partial charge in [-0.3, -0.25) is 0 Å². The SMILES string of the molecule is Cc1c(C)c2c3c(c(C)c(C)c(O)c3c1C)C(C)(C)SC2(C)C. The first-order valence-electron chi connectivity index (χ1n) is 8.38. The lowest BCUT2D eigenvalue weighted by Gasteiger charge is -2.44. The lowest BCUT2D eigenvalue weighted by molar-refractivity contribution is 0.476. The van der Waals surface area contributed by atoms with Gasteiger partial charge >= 0.3 is 0 Å². The molecule has 0 atom stereocenters. The van der Waals surface area contributed by atoms with E-state index in [4.69, 9.17) is 0 Å². The molecule has 0 bridgehead atoms. The van der Waals surface area contributed by atoms with Crippen LogP contribution in [0.4, 0.5) is 0 Å². The number of benzene rings is 2. The average Bonchev–Trinajstić information content (AvgIpc) is 2.39. The third kappa shape index (κ3) is 2.00. The van der Waals surface area contributed by atoms with Crippen LogP contribution in [-0.2, 0) is 9.49 Å². The Morgan fingerprint density at radius 2 is 1.04 bits per heavy atom. The molecule has 0 fully saturated rings. The third-order valence-electron chi connectivity index (χ3n) is 5.87. The van der Waals surface area contributed by atoms with Gasteiger partial charge in [-0.1, -0.05) is 0 Å². The molecule has 0 saturated carbocycles. The van der Waals surface area contributed by atoms with Crippen molar-refractivity contribution in [3.05, 3.63) is 38.9 Å². The van der Waals surface area contributed by atoms with E-state index in [9.17, 15) is 5.11 Å². The zero-order valence-corrected chi connectivity index (χ0v) is 16.7. The van der Waals surface area contributed by atoms with Crippen LogP contribution in [0.1, 0.15) is 66.6 Å². The molecular formula is C21H28OS. The smallest absolute Gasteiger partial charge is 0.126 e. The molecule has 0 unspecified atom stereocenters. The fourth-order valence-electron chi connectivity index (χ4n) is 4.69. The molecular weight excluding hydrogens is 300 g/mol. The summed E-state index contributed by atoms with van der Waals surface area (Å²) >= 11 is 2.04. The molecule has 0 amide bonds. The molecule has 2 aromatic carbocycles. The van der Waals surface area contributed by atoms with Crippen LogP contribution >= 0.6 is 11.8 Å².